The van der Waals surface area contributed by atoms with Gasteiger partial charge in [0, 0.05) is 5.69 Å². The van der Waals surface area contributed by atoms with Gasteiger partial charge in [0.25, 0.3) is 5.91 Å². The van der Waals surface area contributed by atoms with Crippen molar-refractivity contribution in [2.24, 2.45) is 0 Å². The Morgan fingerprint density at radius 1 is 1.04 bits per heavy atom. The third kappa shape index (κ3) is 3.79. The predicted molar refractivity (Wildman–Crippen MR) is 102 cm³/mol. The molecule has 136 valence electrons. The Kier molecular flexibility index (Phi) is 5.40. The number of esters is 1. The first-order chi connectivity index (χ1) is 12.5. The number of ether oxygens (including phenoxy) is 1. The number of hydrogen-bond donors (Lipinski definition) is 1. The van der Waals surface area contributed by atoms with E-state index in [-0.39, 0.29) is 18.5 Å². The molecular weight excluding hydrogens is 326 g/mol. The molecule has 0 heterocycles. The van der Waals surface area contributed by atoms with Gasteiger partial charge in [0.05, 0.1) is 5.41 Å². The molecule has 2 aromatic rings. The van der Waals surface area contributed by atoms with Gasteiger partial charge in [-0.05, 0) is 49.4 Å². The van der Waals surface area contributed by atoms with Gasteiger partial charge in [-0.1, -0.05) is 55.3 Å². The number of carbonyl (C=O) groups is 2. The van der Waals surface area contributed by atoms with Gasteiger partial charge < -0.3 is 10.1 Å². The summed E-state index contributed by atoms with van der Waals surface area (Å²) >= 11 is 0. The molecule has 3 rings (SSSR count). The number of hydrogen-bond acceptors (Lipinski definition) is 3. The average molecular weight is 351 g/mol. The lowest BCUT2D eigenvalue weighted by Crippen LogP contribution is -2.36. The summed E-state index contributed by atoms with van der Waals surface area (Å²) in [5.74, 6) is -0.606. The van der Waals surface area contributed by atoms with Crippen molar-refractivity contribution in [1.82, 2.24) is 0 Å². The fourth-order valence-electron chi connectivity index (χ4n) is 3.67. The summed E-state index contributed by atoms with van der Waals surface area (Å²) < 4.78 is 5.44. The second-order valence-electron chi connectivity index (χ2n) is 7.10. The number of benzene rings is 2. The van der Waals surface area contributed by atoms with Crippen LogP contribution in [0.5, 0.6) is 0 Å². The van der Waals surface area contributed by atoms with Crippen LogP contribution in [0.15, 0.2) is 48.5 Å². The van der Waals surface area contributed by atoms with Crippen LogP contribution in [0, 0.1) is 13.8 Å². The minimum Gasteiger partial charge on any atom is -0.455 e. The fourth-order valence-corrected chi connectivity index (χ4v) is 3.67. The van der Waals surface area contributed by atoms with E-state index >= 15 is 0 Å². The van der Waals surface area contributed by atoms with Crippen LogP contribution in [0.25, 0.3) is 0 Å². The van der Waals surface area contributed by atoms with Crippen molar-refractivity contribution >= 4 is 17.6 Å². The molecule has 0 saturated heterocycles. The van der Waals surface area contributed by atoms with Gasteiger partial charge in [0.1, 0.15) is 0 Å². The molecule has 1 aliphatic rings. The summed E-state index contributed by atoms with van der Waals surface area (Å²) in [4.78, 5) is 25.1. The number of nitrogens with one attached hydrogen (secondary N) is 1. The molecule has 2 aromatic carbocycles. The van der Waals surface area contributed by atoms with Crippen LogP contribution in [0.2, 0.25) is 0 Å². The lowest BCUT2D eigenvalue weighted by atomic mass is 9.79. The van der Waals surface area contributed by atoms with Gasteiger partial charge in [-0.25, -0.2) is 0 Å². The largest absolute Gasteiger partial charge is 0.455 e. The summed E-state index contributed by atoms with van der Waals surface area (Å²) in [5, 5.41) is 2.83. The zero-order valence-corrected chi connectivity index (χ0v) is 15.4. The monoisotopic (exact) mass is 351 g/mol. The Bertz CT molecular complexity index is 792. The molecule has 1 saturated carbocycles. The van der Waals surface area contributed by atoms with E-state index < -0.39 is 5.41 Å². The zero-order valence-electron chi connectivity index (χ0n) is 15.4. The molecule has 1 N–H and O–H groups in total. The van der Waals surface area contributed by atoms with Crippen LogP contribution in [0.3, 0.4) is 0 Å². The number of carbonyl (C=O) groups excluding carboxylic acids is 2. The summed E-state index contributed by atoms with van der Waals surface area (Å²) in [7, 11) is 0. The minimum atomic E-state index is -0.610. The quantitative estimate of drug-likeness (QED) is 0.817. The highest BCUT2D eigenvalue weighted by atomic mass is 16.5. The Hall–Kier alpha value is -2.62. The Morgan fingerprint density at radius 3 is 2.42 bits per heavy atom. The third-order valence-electron chi connectivity index (χ3n) is 5.18. The first kappa shape index (κ1) is 18.2. The Labute approximate surface area is 154 Å². The normalized spacial score (nSPS) is 15.5. The summed E-state index contributed by atoms with van der Waals surface area (Å²) in [6, 6.07) is 15.6. The van der Waals surface area contributed by atoms with Crippen LogP contribution < -0.4 is 5.32 Å². The third-order valence-corrected chi connectivity index (χ3v) is 5.18. The molecule has 0 radical (unpaired) electrons. The highest BCUT2D eigenvalue weighted by molar-refractivity contribution is 5.94. The smallest absolute Gasteiger partial charge is 0.317 e. The van der Waals surface area contributed by atoms with Crippen molar-refractivity contribution in [2.45, 2.75) is 44.9 Å². The van der Waals surface area contributed by atoms with E-state index in [1.165, 1.54) is 0 Å². The van der Waals surface area contributed by atoms with Crippen LogP contribution in [0.1, 0.15) is 42.4 Å². The number of aryl methyl sites for hydroxylation is 2. The number of rotatable bonds is 5. The molecule has 1 fully saturated rings. The van der Waals surface area contributed by atoms with E-state index in [0.717, 1.165) is 48.1 Å². The zero-order chi connectivity index (χ0) is 18.6. The fraction of sp³-hybridized carbons (Fsp3) is 0.364. The highest BCUT2D eigenvalue weighted by Gasteiger charge is 2.44. The maximum atomic E-state index is 12.8. The molecule has 0 aliphatic heterocycles. The van der Waals surface area contributed by atoms with E-state index in [1.807, 2.05) is 62.4 Å². The van der Waals surface area contributed by atoms with E-state index in [1.54, 1.807) is 0 Å². The molecule has 1 aliphatic carbocycles. The SMILES string of the molecule is Cc1ccc(C)c(NC(=O)COC(=O)C2(c3ccccc3)CCCC2)c1. The van der Waals surface area contributed by atoms with Gasteiger partial charge in [-0.2, -0.15) is 0 Å². The predicted octanol–water partition coefficient (Wildman–Crippen LogP) is 4.30. The van der Waals surface area contributed by atoms with E-state index in [2.05, 4.69) is 5.32 Å². The van der Waals surface area contributed by atoms with Crippen molar-refractivity contribution in [3.63, 3.8) is 0 Å². The molecule has 0 atom stereocenters. The molecule has 0 spiro atoms. The number of anilines is 1. The van der Waals surface area contributed by atoms with Gasteiger partial charge in [0.15, 0.2) is 6.61 Å². The molecule has 1 amide bonds. The van der Waals surface area contributed by atoms with Crippen LogP contribution in [-0.2, 0) is 19.7 Å². The van der Waals surface area contributed by atoms with Crippen molar-refractivity contribution in [3.8, 4) is 0 Å². The molecule has 4 nitrogen and oxygen atoms in total. The van der Waals surface area contributed by atoms with Gasteiger partial charge >= 0.3 is 5.97 Å². The second-order valence-corrected chi connectivity index (χ2v) is 7.10. The van der Waals surface area contributed by atoms with Crippen molar-refractivity contribution in [2.75, 3.05) is 11.9 Å². The summed E-state index contributed by atoms with van der Waals surface area (Å²) in [6.45, 7) is 3.64. The maximum Gasteiger partial charge on any atom is 0.317 e. The molecule has 26 heavy (non-hydrogen) atoms. The first-order valence-corrected chi connectivity index (χ1v) is 9.11. The minimum absolute atomic E-state index is 0.263. The lowest BCUT2D eigenvalue weighted by molar-refractivity contribution is -0.153. The molecule has 0 unspecified atom stereocenters. The summed E-state index contributed by atoms with van der Waals surface area (Å²) in [6.07, 6.45) is 3.54. The topological polar surface area (TPSA) is 55.4 Å². The second kappa shape index (κ2) is 7.73. The molecule has 4 heteroatoms. The number of amides is 1. The molecular formula is C22H25NO3. The van der Waals surface area contributed by atoms with Crippen molar-refractivity contribution < 1.29 is 14.3 Å². The van der Waals surface area contributed by atoms with Crippen LogP contribution in [0.4, 0.5) is 5.69 Å². The van der Waals surface area contributed by atoms with Gasteiger partial charge in [-0.15, -0.1) is 0 Å². The van der Waals surface area contributed by atoms with Crippen LogP contribution in [-0.4, -0.2) is 18.5 Å². The maximum absolute atomic E-state index is 12.8. The molecule has 0 bridgehead atoms. The van der Waals surface area contributed by atoms with Gasteiger partial charge in [-0.3, -0.25) is 9.59 Å². The van der Waals surface area contributed by atoms with Gasteiger partial charge in [0.2, 0.25) is 0 Å². The highest BCUT2D eigenvalue weighted by Crippen LogP contribution is 2.42. The Balaban J connectivity index is 1.65. The van der Waals surface area contributed by atoms with Crippen molar-refractivity contribution in [1.29, 1.82) is 0 Å². The van der Waals surface area contributed by atoms with E-state index in [9.17, 15) is 9.59 Å². The summed E-state index contributed by atoms with van der Waals surface area (Å²) in [5.41, 5.74) is 3.17. The molecule has 0 aromatic heterocycles. The van der Waals surface area contributed by atoms with E-state index in [0.29, 0.717) is 0 Å². The van der Waals surface area contributed by atoms with E-state index in [4.69, 9.17) is 4.74 Å². The van der Waals surface area contributed by atoms with Crippen molar-refractivity contribution in [3.05, 3.63) is 65.2 Å². The first-order valence-electron chi connectivity index (χ1n) is 9.11. The average Bonchev–Trinajstić information content (AvgIpc) is 3.15. The lowest BCUT2D eigenvalue weighted by Gasteiger charge is -2.27. The van der Waals surface area contributed by atoms with Crippen LogP contribution >= 0.6 is 0 Å². The standard InChI is InChI=1S/C22H25NO3/c1-16-10-11-17(2)19(14-16)23-20(24)15-26-21(25)22(12-6-7-13-22)18-8-4-3-5-9-18/h3-5,8-11,14H,6-7,12-13,15H2,1-2H3,(H,23,24). The Morgan fingerprint density at radius 2 is 1.73 bits per heavy atom.